The van der Waals surface area contributed by atoms with E-state index in [0.717, 1.165) is 31.4 Å². The van der Waals surface area contributed by atoms with E-state index in [4.69, 9.17) is 0 Å². The van der Waals surface area contributed by atoms with E-state index >= 15 is 0 Å². The van der Waals surface area contributed by atoms with Crippen LogP contribution in [0.3, 0.4) is 0 Å². The van der Waals surface area contributed by atoms with Crippen molar-refractivity contribution in [2.75, 3.05) is 6.54 Å². The minimum atomic E-state index is -0.425. The van der Waals surface area contributed by atoms with Crippen LogP contribution in [-0.2, 0) is 4.79 Å². The van der Waals surface area contributed by atoms with Gasteiger partial charge < -0.3 is 4.90 Å². The highest BCUT2D eigenvalue weighted by Crippen LogP contribution is 2.52. The SMILES string of the molecule is CC1(C)CC2CC(C)(CN2C(=O)/C=C/c2ccc([N+](=O)[O-])cc2)C1. The zero-order chi connectivity index (χ0) is 17.5. The summed E-state index contributed by atoms with van der Waals surface area (Å²) in [6.45, 7) is 7.69. The maximum Gasteiger partial charge on any atom is 0.269 e. The second-order valence-electron chi connectivity index (χ2n) is 8.36. The van der Waals surface area contributed by atoms with Crippen LogP contribution in [-0.4, -0.2) is 28.3 Å². The first kappa shape index (κ1) is 16.7. The predicted molar refractivity (Wildman–Crippen MR) is 93.4 cm³/mol. The number of nitro benzene ring substituents is 1. The van der Waals surface area contributed by atoms with Gasteiger partial charge in [-0.3, -0.25) is 14.9 Å². The number of likely N-dealkylation sites (tertiary alicyclic amines) is 1. The molecule has 1 amide bonds. The van der Waals surface area contributed by atoms with Crippen molar-refractivity contribution in [2.24, 2.45) is 10.8 Å². The Bertz CT molecular complexity index is 693. The minimum Gasteiger partial charge on any atom is -0.336 e. The average Bonchev–Trinajstić information content (AvgIpc) is 2.74. The standard InChI is InChI=1S/C19H24N2O3/c1-18(2)10-16-11-19(3,12-18)13-20(16)17(22)9-6-14-4-7-15(8-5-14)21(23)24/h4-9,16H,10-13H2,1-3H3/b9-6+. The fourth-order valence-electron chi connectivity index (χ4n) is 4.69. The number of nitro groups is 1. The molecule has 1 saturated carbocycles. The number of hydrogen-bond acceptors (Lipinski definition) is 3. The normalized spacial score (nSPS) is 28.3. The number of fused-ring (bicyclic) bond motifs is 2. The van der Waals surface area contributed by atoms with Gasteiger partial charge in [-0.2, -0.15) is 0 Å². The zero-order valence-corrected chi connectivity index (χ0v) is 14.5. The molecule has 2 unspecified atom stereocenters. The van der Waals surface area contributed by atoms with Gasteiger partial charge in [0.15, 0.2) is 0 Å². The molecular weight excluding hydrogens is 304 g/mol. The van der Waals surface area contributed by atoms with E-state index in [2.05, 4.69) is 20.8 Å². The van der Waals surface area contributed by atoms with Crippen molar-refractivity contribution in [1.29, 1.82) is 0 Å². The van der Waals surface area contributed by atoms with E-state index in [1.807, 2.05) is 4.90 Å². The third-order valence-electron chi connectivity index (χ3n) is 5.22. The Morgan fingerprint density at radius 2 is 1.92 bits per heavy atom. The Morgan fingerprint density at radius 3 is 2.54 bits per heavy atom. The maximum atomic E-state index is 12.6. The summed E-state index contributed by atoms with van der Waals surface area (Å²) in [5.74, 6) is 0.0415. The molecule has 1 heterocycles. The summed E-state index contributed by atoms with van der Waals surface area (Å²) in [5, 5.41) is 10.7. The lowest BCUT2D eigenvalue weighted by Gasteiger charge is -2.39. The van der Waals surface area contributed by atoms with Gasteiger partial charge in [0.1, 0.15) is 0 Å². The van der Waals surface area contributed by atoms with Gasteiger partial charge in [-0.25, -0.2) is 0 Å². The number of carbonyl (C=O) groups is 1. The monoisotopic (exact) mass is 328 g/mol. The molecule has 0 N–H and O–H groups in total. The average molecular weight is 328 g/mol. The van der Waals surface area contributed by atoms with Gasteiger partial charge in [0.2, 0.25) is 5.91 Å². The largest absolute Gasteiger partial charge is 0.336 e. The number of hydrogen-bond donors (Lipinski definition) is 0. The molecule has 2 atom stereocenters. The molecule has 1 aromatic rings. The number of nitrogens with zero attached hydrogens (tertiary/aromatic N) is 2. The van der Waals surface area contributed by atoms with Crippen LogP contribution in [0, 0.1) is 20.9 Å². The summed E-state index contributed by atoms with van der Waals surface area (Å²) in [4.78, 5) is 24.9. The van der Waals surface area contributed by atoms with Crippen molar-refractivity contribution in [2.45, 2.75) is 46.1 Å². The van der Waals surface area contributed by atoms with Gasteiger partial charge in [-0.1, -0.05) is 20.8 Å². The summed E-state index contributed by atoms with van der Waals surface area (Å²) < 4.78 is 0. The van der Waals surface area contributed by atoms with Crippen LogP contribution in [0.4, 0.5) is 5.69 Å². The molecule has 0 aromatic heterocycles. The van der Waals surface area contributed by atoms with Crippen LogP contribution in [0.1, 0.15) is 45.6 Å². The van der Waals surface area contributed by atoms with Gasteiger partial charge in [0.05, 0.1) is 4.92 Å². The Balaban J connectivity index is 1.70. The lowest BCUT2D eigenvalue weighted by atomic mass is 9.65. The molecule has 2 aliphatic rings. The van der Waals surface area contributed by atoms with E-state index in [9.17, 15) is 14.9 Å². The predicted octanol–water partition coefficient (Wildman–Crippen LogP) is 4.04. The molecule has 5 heteroatoms. The third-order valence-corrected chi connectivity index (χ3v) is 5.22. The van der Waals surface area contributed by atoms with Crippen LogP contribution in [0.25, 0.3) is 6.08 Å². The number of carbonyl (C=O) groups excluding carboxylic acids is 1. The Hall–Kier alpha value is -2.17. The molecule has 24 heavy (non-hydrogen) atoms. The molecule has 1 aliphatic carbocycles. The zero-order valence-electron chi connectivity index (χ0n) is 14.5. The van der Waals surface area contributed by atoms with Gasteiger partial charge in [0, 0.05) is 30.8 Å². The highest BCUT2D eigenvalue weighted by Gasteiger charge is 2.50. The molecule has 1 aliphatic heterocycles. The molecular formula is C19H24N2O3. The molecule has 2 bridgehead atoms. The molecule has 3 rings (SSSR count). The molecule has 1 saturated heterocycles. The minimum absolute atomic E-state index is 0.0415. The fourth-order valence-corrected chi connectivity index (χ4v) is 4.69. The molecule has 5 nitrogen and oxygen atoms in total. The van der Waals surface area contributed by atoms with E-state index < -0.39 is 4.92 Å². The van der Waals surface area contributed by atoms with Crippen molar-refractivity contribution in [3.63, 3.8) is 0 Å². The second kappa shape index (κ2) is 5.72. The lowest BCUT2D eigenvalue weighted by Crippen LogP contribution is -2.36. The summed E-state index contributed by atoms with van der Waals surface area (Å²) >= 11 is 0. The van der Waals surface area contributed by atoms with Crippen molar-refractivity contribution >= 4 is 17.7 Å². The Morgan fingerprint density at radius 1 is 1.25 bits per heavy atom. The molecule has 128 valence electrons. The van der Waals surface area contributed by atoms with Crippen LogP contribution in [0.2, 0.25) is 0 Å². The summed E-state index contributed by atoms with van der Waals surface area (Å²) in [6.07, 6.45) is 6.64. The number of amides is 1. The Kier molecular flexibility index (Phi) is 3.98. The highest BCUT2D eigenvalue weighted by molar-refractivity contribution is 5.92. The molecule has 2 fully saturated rings. The van der Waals surface area contributed by atoms with Crippen molar-refractivity contribution in [3.8, 4) is 0 Å². The summed E-state index contributed by atoms with van der Waals surface area (Å²) in [7, 11) is 0. The topological polar surface area (TPSA) is 63.5 Å². The quantitative estimate of drug-likeness (QED) is 0.478. The Labute approximate surface area is 142 Å². The van der Waals surface area contributed by atoms with E-state index in [0.29, 0.717) is 6.04 Å². The molecule has 1 aromatic carbocycles. The van der Waals surface area contributed by atoms with Crippen molar-refractivity contribution in [3.05, 3.63) is 46.0 Å². The first-order valence-corrected chi connectivity index (χ1v) is 8.41. The smallest absolute Gasteiger partial charge is 0.269 e. The first-order chi connectivity index (χ1) is 11.2. The van der Waals surface area contributed by atoms with Gasteiger partial charge in [-0.05, 0) is 53.9 Å². The van der Waals surface area contributed by atoms with Crippen molar-refractivity contribution < 1.29 is 9.72 Å². The van der Waals surface area contributed by atoms with Crippen molar-refractivity contribution in [1.82, 2.24) is 4.90 Å². The summed E-state index contributed by atoms with van der Waals surface area (Å²) in [5.41, 5.74) is 1.36. The van der Waals surface area contributed by atoms with Gasteiger partial charge >= 0.3 is 0 Å². The van der Waals surface area contributed by atoms with Gasteiger partial charge in [-0.15, -0.1) is 0 Å². The fraction of sp³-hybridized carbons (Fsp3) is 0.526. The summed E-state index contributed by atoms with van der Waals surface area (Å²) in [6, 6.07) is 6.56. The van der Waals surface area contributed by atoms with E-state index in [-0.39, 0.29) is 22.4 Å². The number of non-ortho nitro benzene ring substituents is 1. The highest BCUT2D eigenvalue weighted by atomic mass is 16.6. The van der Waals surface area contributed by atoms with E-state index in [1.165, 1.54) is 12.1 Å². The first-order valence-electron chi connectivity index (χ1n) is 8.41. The molecule has 0 spiro atoms. The molecule has 0 radical (unpaired) electrons. The van der Waals surface area contributed by atoms with Gasteiger partial charge in [0.25, 0.3) is 5.69 Å². The van der Waals surface area contributed by atoms with Crippen LogP contribution >= 0.6 is 0 Å². The van der Waals surface area contributed by atoms with Crippen LogP contribution < -0.4 is 0 Å². The maximum absolute atomic E-state index is 12.6. The third kappa shape index (κ3) is 3.35. The lowest BCUT2D eigenvalue weighted by molar-refractivity contribution is -0.384. The second-order valence-corrected chi connectivity index (χ2v) is 8.36. The number of rotatable bonds is 3. The van der Waals surface area contributed by atoms with Crippen LogP contribution in [0.15, 0.2) is 30.3 Å². The van der Waals surface area contributed by atoms with E-state index in [1.54, 1.807) is 24.3 Å². The number of benzene rings is 1. The van der Waals surface area contributed by atoms with Crippen LogP contribution in [0.5, 0.6) is 0 Å².